The summed E-state index contributed by atoms with van der Waals surface area (Å²) in [6, 6.07) is 13.8. The van der Waals surface area contributed by atoms with Gasteiger partial charge in [-0.05, 0) is 48.9 Å². The van der Waals surface area contributed by atoms with Crippen LogP contribution in [-0.2, 0) is 0 Å². The molecule has 3 aromatic heterocycles. The van der Waals surface area contributed by atoms with Gasteiger partial charge in [0.1, 0.15) is 23.4 Å². The summed E-state index contributed by atoms with van der Waals surface area (Å²) >= 11 is 0. The monoisotopic (exact) mass is 361 g/mol. The summed E-state index contributed by atoms with van der Waals surface area (Å²) in [5.74, 6) is 1.98. The number of aliphatic imine (C=N–C) groups is 1. The highest BCUT2D eigenvalue weighted by molar-refractivity contribution is 6.02. The van der Waals surface area contributed by atoms with Crippen LogP contribution in [0.25, 0.3) is 11.1 Å². The molecular weight excluding hydrogens is 345 g/mol. The number of benzene rings is 1. The van der Waals surface area contributed by atoms with Crippen LogP contribution in [0, 0.1) is 12.7 Å². The number of aryl methyl sites for hydroxylation is 1. The minimum Gasteiger partial charge on any atom is -0.467 e. The summed E-state index contributed by atoms with van der Waals surface area (Å²) in [7, 11) is 0. The van der Waals surface area contributed by atoms with Gasteiger partial charge in [0.05, 0.1) is 23.9 Å². The van der Waals surface area contributed by atoms with E-state index in [0.717, 1.165) is 39.9 Å². The molecule has 134 valence electrons. The van der Waals surface area contributed by atoms with E-state index in [9.17, 15) is 4.39 Å². The van der Waals surface area contributed by atoms with E-state index < -0.39 is 0 Å². The van der Waals surface area contributed by atoms with E-state index in [1.165, 1.54) is 12.1 Å². The summed E-state index contributed by atoms with van der Waals surface area (Å²) in [6.07, 6.45) is 3.90. The molecule has 1 aliphatic heterocycles. The van der Waals surface area contributed by atoms with Crippen molar-refractivity contribution in [1.29, 1.82) is 0 Å². The maximum atomic E-state index is 13.4. The molecule has 1 atom stereocenters. The summed E-state index contributed by atoms with van der Waals surface area (Å²) in [5, 5.41) is 4.73. The van der Waals surface area contributed by atoms with Gasteiger partial charge < -0.3 is 8.83 Å². The van der Waals surface area contributed by atoms with Crippen molar-refractivity contribution in [2.75, 3.05) is 0 Å². The number of aromatic nitrogens is 2. The van der Waals surface area contributed by atoms with Gasteiger partial charge in [0.2, 0.25) is 0 Å². The second-order valence-corrected chi connectivity index (χ2v) is 6.51. The molecule has 0 unspecified atom stereocenters. The predicted molar refractivity (Wildman–Crippen MR) is 98.7 cm³/mol. The third-order valence-electron chi connectivity index (χ3n) is 4.79. The Hall–Kier alpha value is -3.41. The van der Waals surface area contributed by atoms with Crippen molar-refractivity contribution in [2.24, 2.45) is 4.99 Å². The van der Waals surface area contributed by atoms with Crippen molar-refractivity contribution in [1.82, 2.24) is 9.78 Å². The Morgan fingerprint density at radius 1 is 1.04 bits per heavy atom. The third-order valence-corrected chi connectivity index (χ3v) is 4.79. The summed E-state index contributed by atoms with van der Waals surface area (Å²) in [4.78, 5) is 4.86. The van der Waals surface area contributed by atoms with Gasteiger partial charge in [-0.25, -0.2) is 14.1 Å². The van der Waals surface area contributed by atoms with Gasteiger partial charge in [0.15, 0.2) is 5.82 Å². The summed E-state index contributed by atoms with van der Waals surface area (Å²) < 4.78 is 26.5. The van der Waals surface area contributed by atoms with E-state index >= 15 is 0 Å². The van der Waals surface area contributed by atoms with Gasteiger partial charge in [-0.1, -0.05) is 12.1 Å². The number of nitrogens with zero attached hydrogens (tertiary/aromatic N) is 3. The first-order valence-corrected chi connectivity index (χ1v) is 8.70. The van der Waals surface area contributed by atoms with E-state index in [2.05, 4.69) is 0 Å². The van der Waals surface area contributed by atoms with Crippen LogP contribution in [0.15, 0.2) is 74.9 Å². The first kappa shape index (κ1) is 15.8. The molecule has 4 heterocycles. The second-order valence-electron chi connectivity index (χ2n) is 6.51. The van der Waals surface area contributed by atoms with Crippen LogP contribution in [0.3, 0.4) is 0 Å². The average Bonchev–Trinajstić information content (AvgIpc) is 3.42. The number of rotatable bonds is 3. The van der Waals surface area contributed by atoms with E-state index in [0.29, 0.717) is 6.42 Å². The molecule has 0 aliphatic carbocycles. The molecule has 4 aromatic rings. The highest BCUT2D eigenvalue weighted by Crippen LogP contribution is 2.41. The zero-order valence-corrected chi connectivity index (χ0v) is 14.6. The maximum Gasteiger partial charge on any atom is 0.159 e. The van der Waals surface area contributed by atoms with E-state index in [1.54, 1.807) is 24.7 Å². The smallest absolute Gasteiger partial charge is 0.159 e. The zero-order chi connectivity index (χ0) is 18.4. The quantitative estimate of drug-likeness (QED) is 0.498. The Kier molecular flexibility index (Phi) is 3.57. The Bertz CT molecular complexity index is 1110. The Balaban J connectivity index is 1.73. The lowest BCUT2D eigenvalue weighted by Gasteiger charge is -2.22. The zero-order valence-electron chi connectivity index (χ0n) is 14.6. The summed E-state index contributed by atoms with van der Waals surface area (Å²) in [6.45, 7) is 1.94. The molecule has 0 saturated heterocycles. The molecule has 6 heteroatoms. The molecule has 0 N–H and O–H groups in total. The van der Waals surface area contributed by atoms with Crippen LogP contribution in [0.5, 0.6) is 0 Å². The molecule has 0 saturated carbocycles. The largest absolute Gasteiger partial charge is 0.467 e. The van der Waals surface area contributed by atoms with Gasteiger partial charge in [-0.2, -0.15) is 5.10 Å². The van der Waals surface area contributed by atoms with Crippen molar-refractivity contribution in [3.05, 3.63) is 84.1 Å². The minimum absolute atomic E-state index is 0.125. The van der Waals surface area contributed by atoms with E-state index in [4.69, 9.17) is 18.9 Å². The maximum absolute atomic E-state index is 13.4. The third kappa shape index (κ3) is 2.61. The summed E-state index contributed by atoms with van der Waals surface area (Å²) in [5.41, 5.74) is 3.42. The topological polar surface area (TPSA) is 56.5 Å². The molecule has 0 radical (unpaired) electrons. The molecule has 1 aromatic carbocycles. The number of hydrogen-bond acceptors (Lipinski definition) is 4. The SMILES string of the molecule is Cc1nn2c(c1-c1ccc(F)cc1)N=C(c1ccco1)C[C@@H]2c1ccco1. The van der Waals surface area contributed by atoms with Crippen LogP contribution in [0.2, 0.25) is 0 Å². The highest BCUT2D eigenvalue weighted by atomic mass is 19.1. The molecular formula is C21H16FN3O2. The van der Waals surface area contributed by atoms with Gasteiger partial charge >= 0.3 is 0 Å². The van der Waals surface area contributed by atoms with Crippen molar-refractivity contribution >= 4 is 11.5 Å². The lowest BCUT2D eigenvalue weighted by molar-refractivity contribution is 0.407. The molecule has 27 heavy (non-hydrogen) atoms. The highest BCUT2D eigenvalue weighted by Gasteiger charge is 2.31. The first-order valence-electron chi connectivity index (χ1n) is 8.70. The number of fused-ring (bicyclic) bond motifs is 1. The van der Waals surface area contributed by atoms with Crippen LogP contribution >= 0.6 is 0 Å². The van der Waals surface area contributed by atoms with Crippen LogP contribution in [-0.4, -0.2) is 15.5 Å². The predicted octanol–water partition coefficient (Wildman–Crippen LogP) is 5.30. The van der Waals surface area contributed by atoms with Crippen molar-refractivity contribution in [3.63, 3.8) is 0 Å². The number of halogens is 1. The van der Waals surface area contributed by atoms with Crippen molar-refractivity contribution in [2.45, 2.75) is 19.4 Å². The average molecular weight is 361 g/mol. The van der Waals surface area contributed by atoms with Crippen LogP contribution < -0.4 is 0 Å². The fourth-order valence-corrected chi connectivity index (χ4v) is 3.56. The standard InChI is InChI=1S/C21H16FN3O2/c1-13-20(14-6-8-15(22)9-7-14)21-23-16(18-4-2-10-26-18)12-17(25(21)24-13)19-5-3-11-27-19/h2-11,17H,12H2,1H3/t17-/m1/s1. The molecule has 5 nitrogen and oxygen atoms in total. The van der Waals surface area contributed by atoms with E-state index in [1.807, 2.05) is 35.9 Å². The van der Waals surface area contributed by atoms with Crippen molar-refractivity contribution in [3.8, 4) is 11.1 Å². The lowest BCUT2D eigenvalue weighted by atomic mass is 10.0. The van der Waals surface area contributed by atoms with Crippen molar-refractivity contribution < 1.29 is 13.2 Å². The number of furan rings is 2. The molecule has 0 fully saturated rings. The van der Waals surface area contributed by atoms with Gasteiger partial charge in [-0.15, -0.1) is 0 Å². The Labute approximate surface area is 154 Å². The van der Waals surface area contributed by atoms with Crippen LogP contribution in [0.4, 0.5) is 10.2 Å². The van der Waals surface area contributed by atoms with E-state index in [-0.39, 0.29) is 11.9 Å². The normalized spacial score (nSPS) is 16.2. The fourth-order valence-electron chi connectivity index (χ4n) is 3.56. The Morgan fingerprint density at radius 2 is 1.81 bits per heavy atom. The van der Waals surface area contributed by atoms with Gasteiger partial charge in [0, 0.05) is 12.0 Å². The molecule has 0 bridgehead atoms. The Morgan fingerprint density at radius 3 is 2.52 bits per heavy atom. The van der Waals surface area contributed by atoms with Crippen LogP contribution in [0.1, 0.15) is 29.7 Å². The molecule has 5 rings (SSSR count). The minimum atomic E-state index is -0.273. The second kappa shape index (κ2) is 6.09. The first-order chi connectivity index (χ1) is 13.2. The molecule has 0 amide bonds. The number of hydrogen-bond donors (Lipinski definition) is 0. The lowest BCUT2D eigenvalue weighted by Crippen LogP contribution is -2.20. The molecule has 0 spiro atoms. The fraction of sp³-hybridized carbons (Fsp3) is 0.143. The van der Waals surface area contributed by atoms with Gasteiger partial charge in [-0.3, -0.25) is 0 Å². The van der Waals surface area contributed by atoms with Gasteiger partial charge in [0.25, 0.3) is 0 Å². The molecule has 1 aliphatic rings.